The number of fused-ring (bicyclic) bond motifs is 2. The van der Waals surface area contributed by atoms with Gasteiger partial charge in [0.1, 0.15) is 6.04 Å². The van der Waals surface area contributed by atoms with Gasteiger partial charge in [-0.15, -0.1) is 0 Å². The van der Waals surface area contributed by atoms with Crippen LogP contribution in [0, 0.1) is 11.8 Å². The van der Waals surface area contributed by atoms with Crippen molar-refractivity contribution in [1.29, 1.82) is 0 Å². The van der Waals surface area contributed by atoms with Gasteiger partial charge >= 0.3 is 12.1 Å². The number of ether oxygens (including phenoxy) is 2. The van der Waals surface area contributed by atoms with Crippen molar-refractivity contribution in [2.24, 2.45) is 17.6 Å². The Labute approximate surface area is 225 Å². The highest BCUT2D eigenvalue weighted by molar-refractivity contribution is 9.10. The Balaban J connectivity index is 1.66. The number of amides is 1. The highest BCUT2D eigenvalue weighted by Gasteiger charge is 2.38. The highest BCUT2D eigenvalue weighted by Crippen LogP contribution is 2.45. The molecule has 10 heteroatoms. The molecule has 0 unspecified atom stereocenters. The number of nitrogens with zero attached hydrogens (tertiary/aromatic N) is 3. The van der Waals surface area contributed by atoms with Crippen LogP contribution in [-0.4, -0.2) is 77.9 Å². The van der Waals surface area contributed by atoms with Gasteiger partial charge in [-0.2, -0.15) is 0 Å². The molecule has 0 radical (unpaired) electrons. The normalized spacial score (nSPS) is 19.8. The molecule has 0 spiro atoms. The van der Waals surface area contributed by atoms with Gasteiger partial charge in [0.15, 0.2) is 0 Å². The molecule has 1 aromatic carbocycles. The minimum Gasteiger partial charge on any atom is -0.427 e. The number of carbonyl (C=O) groups excluding carboxylic acids is 3. The Bertz CT molecular complexity index is 1250. The Morgan fingerprint density at radius 3 is 2.54 bits per heavy atom. The molecule has 2 aromatic rings. The maximum Gasteiger partial charge on any atom is 0.422 e. The predicted octanol–water partition coefficient (Wildman–Crippen LogP) is 3.61. The number of halogens is 1. The lowest BCUT2D eigenvalue weighted by molar-refractivity contribution is -0.154. The predicted molar refractivity (Wildman–Crippen MR) is 145 cm³/mol. The summed E-state index contributed by atoms with van der Waals surface area (Å²) < 4.78 is 12.4. The van der Waals surface area contributed by atoms with Gasteiger partial charge in [0.2, 0.25) is 12.7 Å². The molecule has 1 aliphatic heterocycles. The molecule has 1 amide bonds. The van der Waals surface area contributed by atoms with Crippen molar-refractivity contribution in [3.05, 3.63) is 40.0 Å². The number of aromatic nitrogens is 1. The van der Waals surface area contributed by atoms with Crippen LogP contribution in [0.5, 0.6) is 0 Å². The lowest BCUT2D eigenvalue weighted by atomic mass is 9.79. The SMILES string of the molecule is CCN(CC)C(=O)[C@@H]1C=C2c3cccc4c3c(c(Br)n4C(=O)OCOC(=O)[C@@H](N)C(C)C)C[C@H]2N(C)C1. The van der Waals surface area contributed by atoms with Gasteiger partial charge in [0.25, 0.3) is 0 Å². The van der Waals surface area contributed by atoms with E-state index in [0.29, 0.717) is 36.2 Å². The van der Waals surface area contributed by atoms with Crippen LogP contribution in [0.4, 0.5) is 4.79 Å². The summed E-state index contributed by atoms with van der Waals surface area (Å²) in [6.45, 7) is 9.09. The van der Waals surface area contributed by atoms with E-state index in [2.05, 4.69) is 26.9 Å². The number of carbonyl (C=O) groups is 3. The zero-order chi connectivity index (χ0) is 27.0. The van der Waals surface area contributed by atoms with Crippen LogP contribution in [0.25, 0.3) is 16.5 Å². The van der Waals surface area contributed by atoms with Gasteiger partial charge in [-0.25, -0.2) is 9.36 Å². The van der Waals surface area contributed by atoms with E-state index in [-0.39, 0.29) is 23.8 Å². The molecule has 2 aliphatic rings. The molecule has 0 saturated heterocycles. The summed E-state index contributed by atoms with van der Waals surface area (Å²) in [6.07, 6.45) is 2.14. The molecule has 0 saturated carbocycles. The number of benzene rings is 1. The van der Waals surface area contributed by atoms with E-state index in [1.165, 1.54) is 4.57 Å². The minimum absolute atomic E-state index is 0.0838. The molecular formula is C27H35BrN4O5. The lowest BCUT2D eigenvalue weighted by Crippen LogP contribution is -2.47. The number of hydrogen-bond donors (Lipinski definition) is 1. The molecule has 4 rings (SSSR count). The van der Waals surface area contributed by atoms with E-state index in [0.717, 1.165) is 22.1 Å². The van der Waals surface area contributed by atoms with E-state index in [4.69, 9.17) is 15.2 Å². The standard InChI is InChI=1S/C27H35BrN4O5/c1-6-31(7-2)25(33)16-11-18-17-9-8-10-20-22(17)19(12-21(18)30(5)13-16)24(28)32(20)27(35)37-14-36-26(34)23(29)15(3)4/h8-11,15-16,21,23H,6-7,12-14,29H2,1-5H3/t16-,21-,23+/m1/s1. The average molecular weight is 576 g/mol. The third-order valence-electron chi connectivity index (χ3n) is 7.44. The first-order chi connectivity index (χ1) is 17.6. The first-order valence-corrected chi connectivity index (χ1v) is 13.5. The fourth-order valence-corrected chi connectivity index (χ4v) is 5.96. The van der Waals surface area contributed by atoms with Crippen LogP contribution in [0.15, 0.2) is 28.9 Å². The Kier molecular flexibility index (Phi) is 8.11. The van der Waals surface area contributed by atoms with E-state index >= 15 is 0 Å². The van der Waals surface area contributed by atoms with Crippen LogP contribution < -0.4 is 5.73 Å². The number of hydrogen-bond acceptors (Lipinski definition) is 7. The summed E-state index contributed by atoms with van der Waals surface area (Å²) in [4.78, 5) is 42.4. The van der Waals surface area contributed by atoms with Crippen molar-refractivity contribution >= 4 is 50.4 Å². The van der Waals surface area contributed by atoms with Gasteiger partial charge in [0.05, 0.1) is 16.0 Å². The molecule has 2 N–H and O–H groups in total. The van der Waals surface area contributed by atoms with Crippen molar-refractivity contribution in [3.8, 4) is 0 Å². The molecular weight excluding hydrogens is 540 g/mol. The monoisotopic (exact) mass is 574 g/mol. The van der Waals surface area contributed by atoms with Crippen molar-refractivity contribution in [1.82, 2.24) is 14.4 Å². The number of rotatable bonds is 7. The van der Waals surface area contributed by atoms with Crippen LogP contribution >= 0.6 is 15.9 Å². The van der Waals surface area contributed by atoms with Gasteiger partial charge in [-0.1, -0.05) is 32.1 Å². The fraction of sp³-hybridized carbons (Fsp3) is 0.519. The average Bonchev–Trinajstić information content (AvgIpc) is 3.16. The molecule has 1 aromatic heterocycles. The molecule has 0 fully saturated rings. The number of nitrogens with two attached hydrogens (primary N) is 1. The summed E-state index contributed by atoms with van der Waals surface area (Å²) in [5, 5.41) is 0.956. The summed E-state index contributed by atoms with van der Waals surface area (Å²) in [7, 11) is 2.04. The smallest absolute Gasteiger partial charge is 0.422 e. The molecule has 3 atom stereocenters. The Morgan fingerprint density at radius 1 is 1.19 bits per heavy atom. The molecule has 1 aliphatic carbocycles. The maximum atomic E-state index is 13.2. The van der Waals surface area contributed by atoms with Crippen LogP contribution in [-0.2, 0) is 25.5 Å². The molecule has 0 bridgehead atoms. The second-order valence-electron chi connectivity index (χ2n) is 9.96. The zero-order valence-electron chi connectivity index (χ0n) is 22.0. The number of esters is 1. The second-order valence-corrected chi connectivity index (χ2v) is 10.7. The molecule has 200 valence electrons. The van der Waals surface area contributed by atoms with Crippen molar-refractivity contribution in [3.63, 3.8) is 0 Å². The fourth-order valence-electron chi connectivity index (χ4n) is 5.27. The minimum atomic E-state index is -0.785. The van der Waals surface area contributed by atoms with E-state index in [1.54, 1.807) is 0 Å². The summed E-state index contributed by atoms with van der Waals surface area (Å²) in [5.41, 5.74) is 9.60. The topological polar surface area (TPSA) is 107 Å². The van der Waals surface area contributed by atoms with Gasteiger partial charge in [-0.05, 0) is 71.9 Å². The van der Waals surface area contributed by atoms with Crippen LogP contribution in [0.1, 0.15) is 38.8 Å². The summed E-state index contributed by atoms with van der Waals surface area (Å²) >= 11 is 3.63. The summed E-state index contributed by atoms with van der Waals surface area (Å²) in [6, 6.07) is 5.10. The second kappa shape index (κ2) is 11.0. The molecule has 37 heavy (non-hydrogen) atoms. The largest absolute Gasteiger partial charge is 0.427 e. The van der Waals surface area contributed by atoms with Crippen molar-refractivity contribution in [2.75, 3.05) is 33.5 Å². The van der Waals surface area contributed by atoms with Gasteiger partial charge < -0.3 is 20.1 Å². The van der Waals surface area contributed by atoms with Crippen molar-refractivity contribution in [2.45, 2.75) is 46.2 Å². The number of likely N-dealkylation sites (N-methyl/N-ethyl adjacent to an activating group) is 1. The molecule has 9 nitrogen and oxygen atoms in total. The quantitative estimate of drug-likeness (QED) is 0.397. The van der Waals surface area contributed by atoms with Gasteiger partial charge in [0, 0.05) is 31.1 Å². The summed E-state index contributed by atoms with van der Waals surface area (Å²) in [5.74, 6) is -0.802. The Morgan fingerprint density at radius 2 is 1.89 bits per heavy atom. The zero-order valence-corrected chi connectivity index (χ0v) is 23.6. The van der Waals surface area contributed by atoms with Gasteiger partial charge in [-0.3, -0.25) is 14.5 Å². The van der Waals surface area contributed by atoms with E-state index in [1.807, 2.05) is 57.8 Å². The first kappa shape index (κ1) is 27.3. The maximum absolute atomic E-state index is 13.2. The van der Waals surface area contributed by atoms with Crippen LogP contribution in [0.3, 0.4) is 0 Å². The van der Waals surface area contributed by atoms with Crippen molar-refractivity contribution < 1.29 is 23.9 Å². The lowest BCUT2D eigenvalue weighted by Gasteiger charge is -2.40. The highest BCUT2D eigenvalue weighted by atomic mass is 79.9. The van der Waals surface area contributed by atoms with E-state index in [9.17, 15) is 14.4 Å². The molecule has 2 heterocycles. The Hall–Kier alpha value is -2.69. The third-order valence-corrected chi connectivity index (χ3v) is 8.28. The first-order valence-electron chi connectivity index (χ1n) is 12.7. The van der Waals surface area contributed by atoms with E-state index < -0.39 is 24.9 Å². The third kappa shape index (κ3) is 4.94. The van der Waals surface area contributed by atoms with Crippen LogP contribution in [0.2, 0.25) is 0 Å².